The lowest BCUT2D eigenvalue weighted by molar-refractivity contribution is 0.0530. The normalized spacial score (nSPS) is 11.2. The van der Waals surface area contributed by atoms with Crippen molar-refractivity contribution in [3.63, 3.8) is 0 Å². The molecule has 0 fully saturated rings. The van der Waals surface area contributed by atoms with Gasteiger partial charge in [-0.2, -0.15) is 10.2 Å². The third kappa shape index (κ3) is 4.59. The zero-order valence-electron chi connectivity index (χ0n) is 12.5. The Morgan fingerprint density at radius 1 is 1.24 bits per heavy atom. The van der Waals surface area contributed by atoms with Gasteiger partial charge in [0.1, 0.15) is 5.60 Å². The van der Waals surface area contributed by atoms with E-state index in [1.54, 1.807) is 6.20 Å². The van der Waals surface area contributed by atoms with Crippen LogP contribution in [0.3, 0.4) is 0 Å². The molecule has 1 amide bonds. The van der Waals surface area contributed by atoms with E-state index in [9.17, 15) is 4.79 Å². The Balaban J connectivity index is 1.84. The highest BCUT2D eigenvalue weighted by Crippen LogP contribution is 2.19. The molecule has 0 saturated carbocycles. The highest BCUT2D eigenvalue weighted by Gasteiger charge is 2.15. The van der Waals surface area contributed by atoms with Gasteiger partial charge in [0.2, 0.25) is 0 Å². The van der Waals surface area contributed by atoms with E-state index in [1.807, 2.05) is 45.0 Å². The maximum Gasteiger partial charge on any atom is 0.407 e. The molecule has 2 rings (SSSR count). The zero-order chi connectivity index (χ0) is 15.3. The molecule has 1 heterocycles. The van der Waals surface area contributed by atoms with Gasteiger partial charge in [-0.15, -0.1) is 0 Å². The van der Waals surface area contributed by atoms with Crippen LogP contribution < -0.4 is 10.6 Å². The Labute approximate surface area is 123 Å². The number of nitrogens with one attached hydrogen (secondary N) is 2. The summed E-state index contributed by atoms with van der Waals surface area (Å²) in [7, 11) is 0. The molecule has 0 aliphatic rings. The minimum absolute atomic E-state index is 0.415. The van der Waals surface area contributed by atoms with Crippen molar-refractivity contribution in [2.24, 2.45) is 0 Å². The molecule has 0 bridgehead atoms. The number of hydrogen-bond donors (Lipinski definition) is 2. The molecule has 0 unspecified atom stereocenters. The standard InChI is InChI=1S/C15H20N4O2/c1-15(2,3)21-14(20)17-9-8-16-13-10-18-19-12-7-5-4-6-11(12)13/h4-7,10H,8-9H2,1-3H3,(H,16,19)(H,17,20). The van der Waals surface area contributed by atoms with Gasteiger partial charge in [0.05, 0.1) is 17.4 Å². The van der Waals surface area contributed by atoms with Crippen molar-refractivity contribution >= 4 is 22.7 Å². The largest absolute Gasteiger partial charge is 0.444 e. The molecule has 6 heteroatoms. The quantitative estimate of drug-likeness (QED) is 0.846. The first-order chi connectivity index (χ1) is 9.96. The van der Waals surface area contributed by atoms with Crippen LogP contribution in [0.4, 0.5) is 10.5 Å². The Kier molecular flexibility index (Phi) is 4.57. The number of ether oxygens (including phenoxy) is 1. The second kappa shape index (κ2) is 6.39. The predicted molar refractivity (Wildman–Crippen MR) is 82.3 cm³/mol. The molecule has 1 aromatic carbocycles. The number of hydrogen-bond acceptors (Lipinski definition) is 5. The van der Waals surface area contributed by atoms with Crippen LogP contribution >= 0.6 is 0 Å². The number of carbonyl (C=O) groups is 1. The summed E-state index contributed by atoms with van der Waals surface area (Å²) >= 11 is 0. The van der Waals surface area contributed by atoms with Gasteiger partial charge in [-0.3, -0.25) is 0 Å². The Bertz CT molecular complexity index is 617. The molecular formula is C15H20N4O2. The number of fused-ring (bicyclic) bond motifs is 1. The molecule has 2 N–H and O–H groups in total. The van der Waals surface area contributed by atoms with Crippen LogP contribution in [0.15, 0.2) is 30.5 Å². The van der Waals surface area contributed by atoms with Gasteiger partial charge >= 0.3 is 6.09 Å². The van der Waals surface area contributed by atoms with Crippen molar-refractivity contribution in [3.05, 3.63) is 30.5 Å². The number of carbonyl (C=O) groups excluding carboxylic acids is 1. The van der Waals surface area contributed by atoms with Crippen molar-refractivity contribution in [1.29, 1.82) is 0 Å². The molecule has 0 radical (unpaired) electrons. The van der Waals surface area contributed by atoms with Crippen molar-refractivity contribution in [2.45, 2.75) is 26.4 Å². The van der Waals surface area contributed by atoms with Crippen LogP contribution in [0, 0.1) is 0 Å². The van der Waals surface area contributed by atoms with Crippen LogP contribution in [-0.4, -0.2) is 35.0 Å². The smallest absolute Gasteiger partial charge is 0.407 e. The SMILES string of the molecule is CC(C)(C)OC(=O)NCCNc1cnnc2ccccc12. The van der Waals surface area contributed by atoms with E-state index in [2.05, 4.69) is 20.8 Å². The van der Waals surface area contributed by atoms with E-state index in [0.29, 0.717) is 13.1 Å². The van der Waals surface area contributed by atoms with Gasteiger partial charge in [0.25, 0.3) is 0 Å². The van der Waals surface area contributed by atoms with Gasteiger partial charge in [0, 0.05) is 18.5 Å². The van der Waals surface area contributed by atoms with Gasteiger partial charge in [-0.05, 0) is 26.8 Å². The molecule has 0 aliphatic carbocycles. The summed E-state index contributed by atoms with van der Waals surface area (Å²) in [6.45, 7) is 6.54. The average molecular weight is 288 g/mol. The molecule has 0 saturated heterocycles. The van der Waals surface area contributed by atoms with Crippen molar-refractivity contribution in [3.8, 4) is 0 Å². The molecule has 0 atom stereocenters. The summed E-state index contributed by atoms with van der Waals surface area (Å²) in [6.07, 6.45) is 1.26. The van der Waals surface area contributed by atoms with Crippen LogP contribution in [-0.2, 0) is 4.74 Å². The maximum atomic E-state index is 11.5. The lowest BCUT2D eigenvalue weighted by Gasteiger charge is -2.19. The number of amides is 1. The van der Waals surface area contributed by atoms with Crippen LogP contribution in [0.5, 0.6) is 0 Å². The molecule has 1 aromatic heterocycles. The van der Waals surface area contributed by atoms with Gasteiger partial charge in [0.15, 0.2) is 0 Å². The summed E-state index contributed by atoms with van der Waals surface area (Å²) in [5, 5.41) is 14.9. The van der Waals surface area contributed by atoms with Crippen LogP contribution in [0.2, 0.25) is 0 Å². The van der Waals surface area contributed by atoms with E-state index in [1.165, 1.54) is 0 Å². The molecule has 21 heavy (non-hydrogen) atoms. The van der Waals surface area contributed by atoms with E-state index in [-0.39, 0.29) is 0 Å². The topological polar surface area (TPSA) is 76.1 Å². The lowest BCUT2D eigenvalue weighted by Crippen LogP contribution is -2.35. The van der Waals surface area contributed by atoms with E-state index in [4.69, 9.17) is 4.74 Å². The highest BCUT2D eigenvalue weighted by atomic mass is 16.6. The summed E-state index contributed by atoms with van der Waals surface area (Å²) in [4.78, 5) is 11.5. The summed E-state index contributed by atoms with van der Waals surface area (Å²) < 4.78 is 5.16. The fourth-order valence-electron chi connectivity index (χ4n) is 1.82. The third-order valence-corrected chi connectivity index (χ3v) is 2.66. The fraction of sp³-hybridized carbons (Fsp3) is 0.400. The predicted octanol–water partition coefficient (Wildman–Crippen LogP) is 2.57. The maximum absolute atomic E-state index is 11.5. The van der Waals surface area contributed by atoms with E-state index in [0.717, 1.165) is 16.6 Å². The summed E-state index contributed by atoms with van der Waals surface area (Å²) in [5.41, 5.74) is 1.25. The van der Waals surface area contributed by atoms with Crippen molar-refractivity contribution in [2.75, 3.05) is 18.4 Å². The second-order valence-corrected chi connectivity index (χ2v) is 5.63. The monoisotopic (exact) mass is 288 g/mol. The van der Waals surface area contributed by atoms with Crippen molar-refractivity contribution in [1.82, 2.24) is 15.5 Å². The number of aromatic nitrogens is 2. The molecular weight excluding hydrogens is 268 g/mol. The van der Waals surface area contributed by atoms with Crippen LogP contribution in [0.1, 0.15) is 20.8 Å². The first-order valence-corrected chi connectivity index (χ1v) is 6.87. The number of rotatable bonds is 4. The number of alkyl carbamates (subject to hydrolysis) is 1. The van der Waals surface area contributed by atoms with Crippen LogP contribution in [0.25, 0.3) is 10.9 Å². The Morgan fingerprint density at radius 3 is 2.76 bits per heavy atom. The first kappa shape index (κ1) is 15.0. The minimum Gasteiger partial charge on any atom is -0.444 e. The molecule has 112 valence electrons. The Morgan fingerprint density at radius 2 is 2.00 bits per heavy atom. The molecule has 0 aliphatic heterocycles. The molecule has 2 aromatic rings. The van der Waals surface area contributed by atoms with Gasteiger partial charge in [-0.25, -0.2) is 4.79 Å². The number of benzene rings is 1. The molecule has 6 nitrogen and oxygen atoms in total. The third-order valence-electron chi connectivity index (χ3n) is 2.66. The van der Waals surface area contributed by atoms with E-state index < -0.39 is 11.7 Å². The Hall–Kier alpha value is -2.37. The average Bonchev–Trinajstić information content (AvgIpc) is 2.42. The van der Waals surface area contributed by atoms with E-state index >= 15 is 0 Å². The number of nitrogens with zero attached hydrogens (tertiary/aromatic N) is 2. The molecule has 0 spiro atoms. The van der Waals surface area contributed by atoms with Gasteiger partial charge < -0.3 is 15.4 Å². The lowest BCUT2D eigenvalue weighted by atomic mass is 10.2. The summed E-state index contributed by atoms with van der Waals surface area (Å²) in [6, 6.07) is 7.76. The zero-order valence-corrected chi connectivity index (χ0v) is 12.5. The number of anilines is 1. The van der Waals surface area contributed by atoms with Crippen molar-refractivity contribution < 1.29 is 9.53 Å². The van der Waals surface area contributed by atoms with Gasteiger partial charge in [-0.1, -0.05) is 18.2 Å². The fourth-order valence-corrected chi connectivity index (χ4v) is 1.82. The minimum atomic E-state index is -0.483. The first-order valence-electron chi connectivity index (χ1n) is 6.87. The second-order valence-electron chi connectivity index (χ2n) is 5.63. The summed E-state index contributed by atoms with van der Waals surface area (Å²) in [5.74, 6) is 0. The highest BCUT2D eigenvalue weighted by molar-refractivity contribution is 5.90.